The fourth-order valence-electron chi connectivity index (χ4n) is 9.22. The highest BCUT2D eigenvalue weighted by Gasteiger charge is 2.46. The van der Waals surface area contributed by atoms with Gasteiger partial charge in [-0.05, 0) is 90.4 Å². The second-order valence-corrected chi connectivity index (χ2v) is 18.9. The van der Waals surface area contributed by atoms with E-state index < -0.39 is 29.6 Å². The van der Waals surface area contributed by atoms with E-state index in [9.17, 15) is 19.5 Å². The van der Waals surface area contributed by atoms with Crippen molar-refractivity contribution >= 4 is 23.3 Å². The monoisotopic (exact) mass is 908 g/mol. The molecular formula is C54H109N5O5. The Morgan fingerprint density at radius 3 is 1.78 bits per heavy atom. The molecule has 2 aliphatic carbocycles. The second kappa shape index (κ2) is 35.7. The molecule has 7 atom stereocenters. The highest BCUT2D eigenvalue weighted by Crippen LogP contribution is 2.34. The van der Waals surface area contributed by atoms with Gasteiger partial charge in [0, 0.05) is 25.2 Å². The number of epoxide rings is 1. The standard InChI is InChI=1S/C47H83N5O5.C2H6.5CH4/c1-8-9-23-39(42(54)31-38(28-35-19-13-10-11-14-20-35)41(53)30-37(34(4)5)27-26-33(2)3)50-45(55)40(29-36-21-15-12-16-22-36)51-47(7,56)43(52-46(6)32-57-46)24-17-18-25-44(48)49;1-2;;;;;/h35-40,43,51-52,56H,2,4,8-32H2,1,3,5-7H3,(H3,48,49)(H,50,55);1-2H3;5*1H4. The van der Waals surface area contributed by atoms with E-state index in [0.717, 1.165) is 94.6 Å². The summed E-state index contributed by atoms with van der Waals surface area (Å²) < 4.78 is 5.66. The molecule has 3 fully saturated rings. The summed E-state index contributed by atoms with van der Waals surface area (Å²) in [7, 11) is 0. The highest BCUT2D eigenvalue weighted by molar-refractivity contribution is 5.94. The molecule has 0 bridgehead atoms. The number of carbonyl (C=O) groups excluding carboxylic acids is 3. The Bertz CT molecular complexity index is 1300. The van der Waals surface area contributed by atoms with Gasteiger partial charge in [0.15, 0.2) is 5.78 Å². The molecule has 0 aromatic carbocycles. The van der Waals surface area contributed by atoms with E-state index in [4.69, 9.17) is 15.9 Å². The van der Waals surface area contributed by atoms with Gasteiger partial charge in [0.25, 0.3) is 0 Å². The SMILES string of the molecule is C.C.C.C.C.C=C(C)CCC(CC(=O)C(CC(=O)C(CCCC)NC(=O)C(CC1CCCCC1)NC(C)(O)C(CCCCC(=N)N)NC1(C)CO1)CC1CCCCCC1)C(=C)C.CC. The minimum atomic E-state index is -1.48. The Labute approximate surface area is 397 Å². The third kappa shape index (κ3) is 26.7. The lowest BCUT2D eigenvalue weighted by Gasteiger charge is -2.39. The van der Waals surface area contributed by atoms with Gasteiger partial charge in [0.2, 0.25) is 5.91 Å². The Balaban J connectivity index is -0.00000253. The molecule has 3 aliphatic rings. The Morgan fingerprint density at radius 1 is 0.781 bits per heavy atom. The van der Waals surface area contributed by atoms with Gasteiger partial charge in [0.1, 0.15) is 17.2 Å². The minimum absolute atomic E-state index is 0. The van der Waals surface area contributed by atoms with E-state index >= 15 is 0 Å². The third-order valence-corrected chi connectivity index (χ3v) is 13.1. The van der Waals surface area contributed by atoms with Crippen LogP contribution in [-0.4, -0.2) is 64.6 Å². The van der Waals surface area contributed by atoms with E-state index in [1.54, 1.807) is 6.92 Å². The molecule has 1 amide bonds. The molecule has 0 radical (unpaired) electrons. The van der Waals surface area contributed by atoms with Crippen molar-refractivity contribution in [3.8, 4) is 0 Å². The van der Waals surface area contributed by atoms with Crippen LogP contribution in [0, 0.1) is 29.1 Å². The molecule has 2 saturated carbocycles. The van der Waals surface area contributed by atoms with Crippen LogP contribution in [-0.2, 0) is 19.1 Å². The summed E-state index contributed by atoms with van der Waals surface area (Å²) >= 11 is 0. The maximum absolute atomic E-state index is 14.5. The molecule has 7 unspecified atom stereocenters. The highest BCUT2D eigenvalue weighted by atomic mass is 16.6. The Kier molecular flexibility index (Phi) is 38.1. The smallest absolute Gasteiger partial charge is 0.237 e. The first-order valence-electron chi connectivity index (χ1n) is 23.9. The zero-order chi connectivity index (χ0) is 44.0. The van der Waals surface area contributed by atoms with E-state index in [1.165, 1.54) is 32.1 Å². The second-order valence-electron chi connectivity index (χ2n) is 18.9. The fourth-order valence-corrected chi connectivity index (χ4v) is 9.22. The van der Waals surface area contributed by atoms with Gasteiger partial charge in [-0.3, -0.25) is 30.4 Å². The van der Waals surface area contributed by atoms with Gasteiger partial charge in [-0.1, -0.05) is 166 Å². The average Bonchev–Trinajstić information content (AvgIpc) is 3.98. The van der Waals surface area contributed by atoms with E-state index in [0.29, 0.717) is 50.5 Å². The number of rotatable bonds is 29. The average molecular weight is 908 g/mol. The van der Waals surface area contributed by atoms with E-state index in [-0.39, 0.29) is 78.7 Å². The quantitative estimate of drug-likeness (QED) is 0.00819. The molecular weight excluding hydrogens is 799 g/mol. The van der Waals surface area contributed by atoms with Crippen molar-refractivity contribution in [2.75, 3.05) is 6.61 Å². The zero-order valence-corrected chi connectivity index (χ0v) is 38.8. The van der Waals surface area contributed by atoms with E-state index in [1.807, 2.05) is 34.6 Å². The number of unbranched alkanes of at least 4 members (excludes halogenated alkanes) is 2. The first-order valence-corrected chi connectivity index (χ1v) is 23.9. The third-order valence-electron chi connectivity index (χ3n) is 13.1. The predicted octanol–water partition coefficient (Wildman–Crippen LogP) is 13.1. The van der Waals surface area contributed by atoms with Crippen LogP contribution >= 0.6 is 0 Å². The number of amides is 1. The summed E-state index contributed by atoms with van der Waals surface area (Å²) in [5, 5.41) is 29.9. The van der Waals surface area contributed by atoms with Crippen LogP contribution in [0.5, 0.6) is 0 Å². The summed E-state index contributed by atoms with van der Waals surface area (Å²) in [5.74, 6) is 0.386. The number of hydrogen-bond donors (Lipinski definition) is 6. The van der Waals surface area contributed by atoms with Crippen LogP contribution in [0.15, 0.2) is 24.3 Å². The Morgan fingerprint density at radius 2 is 1.30 bits per heavy atom. The van der Waals surface area contributed by atoms with Crippen molar-refractivity contribution in [3.63, 3.8) is 0 Å². The number of Topliss-reactive ketones (excluding diaryl/α,β-unsaturated/α-hetero) is 2. The first-order chi connectivity index (χ1) is 28.0. The number of nitrogens with two attached hydrogens (primary N) is 1. The van der Waals surface area contributed by atoms with Crippen molar-refractivity contribution < 1.29 is 24.2 Å². The van der Waals surface area contributed by atoms with Gasteiger partial charge in [-0.25, -0.2) is 0 Å². The van der Waals surface area contributed by atoms with Crippen LogP contribution in [0.2, 0.25) is 0 Å². The first kappa shape index (κ1) is 68.2. The molecule has 1 aliphatic heterocycles. The number of nitrogens with one attached hydrogen (secondary N) is 4. The van der Waals surface area contributed by atoms with Crippen molar-refractivity contribution in [2.24, 2.45) is 29.4 Å². The molecule has 3 rings (SSSR count). The molecule has 7 N–H and O–H groups in total. The van der Waals surface area contributed by atoms with Crippen molar-refractivity contribution in [1.82, 2.24) is 16.0 Å². The maximum Gasteiger partial charge on any atom is 0.237 e. The Hall–Kier alpha value is -2.40. The molecule has 0 aromatic heterocycles. The molecule has 0 aromatic rings. The van der Waals surface area contributed by atoms with E-state index in [2.05, 4.69) is 36.0 Å². The largest absolute Gasteiger partial charge is 0.388 e. The molecule has 380 valence electrons. The predicted molar refractivity (Wildman–Crippen MR) is 278 cm³/mol. The van der Waals surface area contributed by atoms with Gasteiger partial charge < -0.3 is 20.9 Å². The molecule has 64 heavy (non-hydrogen) atoms. The van der Waals surface area contributed by atoms with Crippen LogP contribution in [0.25, 0.3) is 0 Å². The maximum atomic E-state index is 14.5. The van der Waals surface area contributed by atoms with Crippen molar-refractivity contribution in [1.29, 1.82) is 5.41 Å². The number of aliphatic hydroxyl groups is 1. The lowest BCUT2D eigenvalue weighted by Crippen LogP contribution is -2.65. The molecule has 1 heterocycles. The van der Waals surface area contributed by atoms with Crippen LogP contribution < -0.4 is 21.7 Å². The van der Waals surface area contributed by atoms with Crippen molar-refractivity contribution in [2.45, 2.75) is 269 Å². The summed E-state index contributed by atoms with van der Waals surface area (Å²) in [4.78, 5) is 43.3. The number of hydrogen-bond acceptors (Lipinski definition) is 8. The number of amidine groups is 1. The summed E-state index contributed by atoms with van der Waals surface area (Å²) in [6.07, 6.45) is 20.7. The lowest BCUT2D eigenvalue weighted by molar-refractivity contribution is -0.133. The van der Waals surface area contributed by atoms with Gasteiger partial charge >= 0.3 is 0 Å². The summed E-state index contributed by atoms with van der Waals surface area (Å²) in [6.45, 7) is 22.6. The number of ketones is 2. The molecule has 10 nitrogen and oxygen atoms in total. The van der Waals surface area contributed by atoms with Gasteiger partial charge in [0.05, 0.1) is 30.6 Å². The van der Waals surface area contributed by atoms with Crippen molar-refractivity contribution in [3.05, 3.63) is 24.3 Å². The summed E-state index contributed by atoms with van der Waals surface area (Å²) in [6, 6.07) is -1.87. The molecule has 1 saturated heterocycles. The molecule has 0 spiro atoms. The summed E-state index contributed by atoms with van der Waals surface area (Å²) in [5.41, 5.74) is 5.68. The zero-order valence-electron chi connectivity index (χ0n) is 38.8. The normalized spacial score (nSPS) is 20.5. The van der Waals surface area contributed by atoms with Crippen LogP contribution in [0.3, 0.4) is 0 Å². The van der Waals surface area contributed by atoms with Crippen LogP contribution in [0.1, 0.15) is 240 Å². The van der Waals surface area contributed by atoms with Gasteiger partial charge in [-0.15, -0.1) is 6.58 Å². The number of allylic oxidation sites excluding steroid dienone is 2. The fraction of sp³-hybridized carbons (Fsp3) is 0.852. The number of carbonyl (C=O) groups is 3. The number of ether oxygens (including phenoxy) is 1. The topological polar surface area (TPSA) is 170 Å². The minimum Gasteiger partial charge on any atom is -0.388 e. The van der Waals surface area contributed by atoms with Crippen LogP contribution in [0.4, 0.5) is 0 Å². The van der Waals surface area contributed by atoms with Gasteiger partial charge in [-0.2, -0.15) is 0 Å². The molecule has 10 heteroatoms. The lowest BCUT2D eigenvalue weighted by atomic mass is 9.79.